The molecule has 6 nitrogen and oxygen atoms in total. The highest BCUT2D eigenvalue weighted by Gasteiger charge is 2.33. The van der Waals surface area contributed by atoms with Crippen LogP contribution >= 0.6 is 0 Å². The van der Waals surface area contributed by atoms with Gasteiger partial charge in [-0.15, -0.1) is 0 Å². The molecule has 0 bridgehead atoms. The third-order valence-corrected chi connectivity index (χ3v) is 7.12. The summed E-state index contributed by atoms with van der Waals surface area (Å²) in [4.78, 5) is 24.2. The van der Waals surface area contributed by atoms with Crippen LogP contribution in [0, 0.1) is 5.92 Å². The first kappa shape index (κ1) is 21.2. The smallest absolute Gasteiger partial charge is 0.309 e. The van der Waals surface area contributed by atoms with Crippen LogP contribution in [-0.2, 0) is 19.6 Å². The van der Waals surface area contributed by atoms with Gasteiger partial charge in [-0.25, -0.2) is 8.42 Å². The summed E-state index contributed by atoms with van der Waals surface area (Å²) in [6.07, 6.45) is 0.470. The van der Waals surface area contributed by atoms with Crippen molar-refractivity contribution in [3.63, 3.8) is 0 Å². The van der Waals surface area contributed by atoms with Crippen molar-refractivity contribution in [2.75, 3.05) is 13.1 Å². The SMILES string of the molecule is CC(=O)c1cccc(S(=O)(=O)N2CCC(C(=O)O[C@H](C)c3ccccc3)CC2)c1. The van der Waals surface area contributed by atoms with Gasteiger partial charge >= 0.3 is 5.97 Å². The lowest BCUT2D eigenvalue weighted by Gasteiger charge is -2.30. The molecule has 3 rings (SSSR count). The molecule has 0 radical (unpaired) electrons. The number of benzene rings is 2. The minimum absolute atomic E-state index is 0.101. The zero-order valence-corrected chi connectivity index (χ0v) is 17.4. The molecule has 2 aromatic carbocycles. The summed E-state index contributed by atoms with van der Waals surface area (Å²) in [5, 5.41) is 0. The van der Waals surface area contributed by atoms with Crippen LogP contribution in [0.3, 0.4) is 0 Å². The molecule has 0 spiro atoms. The number of Topliss-reactive ketones (excluding diaryl/α,β-unsaturated/α-hetero) is 1. The molecule has 0 amide bonds. The Morgan fingerprint density at radius 2 is 1.69 bits per heavy atom. The number of hydrogen-bond donors (Lipinski definition) is 0. The Labute approximate surface area is 171 Å². The summed E-state index contributed by atoms with van der Waals surface area (Å²) < 4.78 is 32.8. The van der Waals surface area contributed by atoms with Crippen molar-refractivity contribution in [2.45, 2.75) is 37.7 Å². The van der Waals surface area contributed by atoms with E-state index in [2.05, 4.69) is 0 Å². The lowest BCUT2D eigenvalue weighted by molar-refractivity contribution is -0.155. The largest absolute Gasteiger partial charge is 0.458 e. The molecule has 29 heavy (non-hydrogen) atoms. The van der Waals surface area contributed by atoms with E-state index in [1.807, 2.05) is 37.3 Å². The van der Waals surface area contributed by atoms with Crippen LogP contribution in [-0.4, -0.2) is 37.6 Å². The molecular weight excluding hydrogens is 390 g/mol. The zero-order chi connectivity index (χ0) is 21.0. The molecule has 0 unspecified atom stereocenters. The van der Waals surface area contributed by atoms with Gasteiger partial charge in [0.25, 0.3) is 0 Å². The first-order valence-electron chi connectivity index (χ1n) is 9.65. The van der Waals surface area contributed by atoms with E-state index in [9.17, 15) is 18.0 Å². The lowest BCUT2D eigenvalue weighted by Crippen LogP contribution is -2.40. The quantitative estimate of drug-likeness (QED) is 0.532. The number of esters is 1. The summed E-state index contributed by atoms with van der Waals surface area (Å²) in [5.74, 6) is -0.802. The monoisotopic (exact) mass is 415 g/mol. The van der Waals surface area contributed by atoms with Crippen LogP contribution in [0.5, 0.6) is 0 Å². The average molecular weight is 416 g/mol. The Kier molecular flexibility index (Phi) is 6.49. The van der Waals surface area contributed by atoms with Crippen LogP contribution in [0.25, 0.3) is 0 Å². The van der Waals surface area contributed by atoms with E-state index < -0.39 is 10.0 Å². The second-order valence-corrected chi connectivity index (χ2v) is 9.19. The van der Waals surface area contributed by atoms with Crippen molar-refractivity contribution in [3.05, 3.63) is 65.7 Å². The van der Waals surface area contributed by atoms with Gasteiger partial charge in [-0.1, -0.05) is 42.5 Å². The van der Waals surface area contributed by atoms with Crippen molar-refractivity contribution in [1.82, 2.24) is 4.31 Å². The number of carbonyl (C=O) groups excluding carboxylic acids is 2. The average Bonchev–Trinajstić information content (AvgIpc) is 2.74. The minimum atomic E-state index is -3.70. The number of nitrogens with zero attached hydrogens (tertiary/aromatic N) is 1. The Balaban J connectivity index is 1.61. The second-order valence-electron chi connectivity index (χ2n) is 7.25. The molecule has 1 saturated heterocycles. The maximum atomic E-state index is 12.9. The molecule has 154 valence electrons. The molecule has 1 aliphatic rings. The van der Waals surface area contributed by atoms with Gasteiger partial charge in [-0.2, -0.15) is 4.31 Å². The molecule has 0 aromatic heterocycles. The third kappa shape index (κ3) is 4.92. The van der Waals surface area contributed by atoms with Crippen LogP contribution in [0.4, 0.5) is 0 Å². The number of rotatable bonds is 6. The Bertz CT molecular complexity index is 979. The summed E-state index contributed by atoms with van der Waals surface area (Å²) in [6, 6.07) is 15.6. The van der Waals surface area contributed by atoms with Crippen LogP contribution < -0.4 is 0 Å². The topological polar surface area (TPSA) is 80.8 Å². The molecule has 1 atom stereocenters. The van der Waals surface area contributed by atoms with Gasteiger partial charge < -0.3 is 4.74 Å². The van der Waals surface area contributed by atoms with Gasteiger partial charge in [0, 0.05) is 18.7 Å². The molecule has 1 heterocycles. The molecule has 0 aliphatic carbocycles. The van der Waals surface area contributed by atoms with Crippen LogP contribution in [0.15, 0.2) is 59.5 Å². The number of sulfonamides is 1. The highest BCUT2D eigenvalue weighted by Crippen LogP contribution is 2.27. The van der Waals surface area contributed by atoms with E-state index in [-0.39, 0.29) is 41.8 Å². The van der Waals surface area contributed by atoms with E-state index in [0.717, 1.165) is 5.56 Å². The maximum Gasteiger partial charge on any atom is 0.309 e. The van der Waals surface area contributed by atoms with Crippen molar-refractivity contribution in [1.29, 1.82) is 0 Å². The molecule has 1 fully saturated rings. The molecule has 1 aliphatic heterocycles. The van der Waals surface area contributed by atoms with E-state index in [4.69, 9.17) is 4.74 Å². The number of ketones is 1. The Morgan fingerprint density at radius 3 is 2.31 bits per heavy atom. The summed E-state index contributed by atoms with van der Waals surface area (Å²) >= 11 is 0. The van der Waals surface area contributed by atoms with E-state index >= 15 is 0 Å². The van der Waals surface area contributed by atoms with Crippen molar-refractivity contribution in [2.24, 2.45) is 5.92 Å². The highest BCUT2D eigenvalue weighted by atomic mass is 32.2. The Hall–Kier alpha value is -2.51. The fourth-order valence-corrected chi connectivity index (χ4v) is 4.94. The van der Waals surface area contributed by atoms with Gasteiger partial charge in [0.1, 0.15) is 6.10 Å². The van der Waals surface area contributed by atoms with Crippen molar-refractivity contribution < 1.29 is 22.7 Å². The second kappa shape index (κ2) is 8.88. The van der Waals surface area contributed by atoms with Gasteiger partial charge in [-0.05, 0) is 44.4 Å². The zero-order valence-electron chi connectivity index (χ0n) is 16.6. The standard InChI is InChI=1S/C22H25NO5S/c1-16(24)20-9-6-10-21(15-20)29(26,27)23-13-11-19(12-14-23)22(25)28-17(2)18-7-4-3-5-8-18/h3-10,15,17,19H,11-14H2,1-2H3/t17-/m1/s1. The summed E-state index contributed by atoms with van der Waals surface area (Å²) in [6.45, 7) is 3.71. The van der Waals surface area contributed by atoms with Crippen LogP contribution in [0.1, 0.15) is 48.7 Å². The summed E-state index contributed by atoms with van der Waals surface area (Å²) in [7, 11) is -3.70. The molecule has 7 heteroatoms. The van der Waals surface area contributed by atoms with Crippen molar-refractivity contribution in [3.8, 4) is 0 Å². The fourth-order valence-electron chi connectivity index (χ4n) is 3.42. The fraction of sp³-hybridized carbons (Fsp3) is 0.364. The number of carbonyl (C=O) groups is 2. The first-order chi connectivity index (χ1) is 13.8. The normalized spacial score (nSPS) is 16.9. The van der Waals surface area contributed by atoms with Gasteiger partial charge in [0.15, 0.2) is 5.78 Å². The third-order valence-electron chi connectivity index (χ3n) is 5.23. The predicted octanol–water partition coefficient (Wildman–Crippen LogP) is 3.59. The van der Waals surface area contributed by atoms with Crippen molar-refractivity contribution >= 4 is 21.8 Å². The number of piperidine rings is 1. The predicted molar refractivity (Wildman–Crippen MR) is 109 cm³/mol. The van der Waals surface area contributed by atoms with Crippen LogP contribution in [0.2, 0.25) is 0 Å². The van der Waals surface area contributed by atoms with Gasteiger partial charge in [-0.3, -0.25) is 9.59 Å². The van der Waals surface area contributed by atoms with Gasteiger partial charge in [0.2, 0.25) is 10.0 Å². The molecular formula is C22H25NO5S. The Morgan fingerprint density at radius 1 is 1.03 bits per heavy atom. The van der Waals surface area contributed by atoms with E-state index in [1.165, 1.54) is 23.4 Å². The number of ether oxygens (including phenoxy) is 1. The van der Waals surface area contributed by atoms with Gasteiger partial charge in [0.05, 0.1) is 10.8 Å². The first-order valence-corrected chi connectivity index (χ1v) is 11.1. The lowest BCUT2D eigenvalue weighted by atomic mass is 9.98. The van der Waals surface area contributed by atoms with E-state index in [0.29, 0.717) is 18.4 Å². The van der Waals surface area contributed by atoms with E-state index in [1.54, 1.807) is 12.1 Å². The number of hydrogen-bond acceptors (Lipinski definition) is 5. The molecule has 2 aromatic rings. The highest BCUT2D eigenvalue weighted by molar-refractivity contribution is 7.89. The molecule has 0 N–H and O–H groups in total. The minimum Gasteiger partial charge on any atom is -0.458 e. The maximum absolute atomic E-state index is 12.9. The summed E-state index contributed by atoms with van der Waals surface area (Å²) in [5.41, 5.74) is 1.28. The molecule has 0 saturated carbocycles.